The maximum atomic E-state index is 11.8. The smallest absolute Gasteiger partial charge is 0.330 e. The highest BCUT2D eigenvalue weighted by molar-refractivity contribution is 7.99. The molecule has 0 aromatic heterocycles. The second-order valence-electron chi connectivity index (χ2n) is 4.34. The number of aliphatic carboxylic acids is 1. The number of nitrogens with one attached hydrogen (secondary N) is 1. The van der Waals surface area contributed by atoms with Crippen LogP contribution in [0.15, 0.2) is 30.3 Å². The largest absolute Gasteiger partial charge is 0.484 e. The van der Waals surface area contributed by atoms with E-state index in [0.717, 1.165) is 5.75 Å². The summed E-state index contributed by atoms with van der Waals surface area (Å²) in [5, 5.41) is 11.8. The molecule has 1 unspecified atom stereocenters. The highest BCUT2D eigenvalue weighted by Crippen LogP contribution is 2.28. The minimum atomic E-state index is -1.14. The Bertz CT molecular complexity index is 457. The maximum absolute atomic E-state index is 11.8. The van der Waals surface area contributed by atoms with Crippen molar-refractivity contribution in [2.45, 2.75) is 12.0 Å². The third kappa shape index (κ3) is 3.41. The van der Waals surface area contributed by atoms with Gasteiger partial charge in [0.05, 0.1) is 0 Å². The van der Waals surface area contributed by atoms with Gasteiger partial charge in [-0.1, -0.05) is 18.2 Å². The number of para-hydroxylation sites is 1. The quantitative estimate of drug-likeness (QED) is 0.846. The van der Waals surface area contributed by atoms with E-state index in [-0.39, 0.29) is 6.61 Å². The first-order valence-corrected chi connectivity index (χ1v) is 7.08. The van der Waals surface area contributed by atoms with Gasteiger partial charge in [-0.2, -0.15) is 11.8 Å². The van der Waals surface area contributed by atoms with E-state index in [9.17, 15) is 14.7 Å². The monoisotopic (exact) mass is 281 g/mol. The van der Waals surface area contributed by atoms with Gasteiger partial charge in [-0.25, -0.2) is 4.79 Å². The van der Waals surface area contributed by atoms with Crippen molar-refractivity contribution in [2.24, 2.45) is 0 Å². The Morgan fingerprint density at radius 3 is 2.68 bits per heavy atom. The first-order valence-electron chi connectivity index (χ1n) is 5.92. The first kappa shape index (κ1) is 13.7. The van der Waals surface area contributed by atoms with Gasteiger partial charge >= 0.3 is 5.97 Å². The van der Waals surface area contributed by atoms with Gasteiger partial charge in [0.25, 0.3) is 5.91 Å². The van der Waals surface area contributed by atoms with Crippen LogP contribution in [0.3, 0.4) is 0 Å². The molecular formula is C13H15NO4S. The van der Waals surface area contributed by atoms with E-state index in [1.807, 2.05) is 6.07 Å². The number of amides is 1. The number of ether oxygens (including phenoxy) is 1. The summed E-state index contributed by atoms with van der Waals surface area (Å²) in [6.07, 6.45) is 0.448. The number of carbonyl (C=O) groups excluding carboxylic acids is 1. The Balaban J connectivity index is 1.88. The Kier molecular flexibility index (Phi) is 4.31. The van der Waals surface area contributed by atoms with Crippen LogP contribution < -0.4 is 10.1 Å². The fraction of sp³-hybridized carbons (Fsp3) is 0.385. The molecule has 0 saturated carbocycles. The molecular weight excluding hydrogens is 266 g/mol. The number of carboxylic acid groups (broad SMARTS) is 1. The van der Waals surface area contributed by atoms with Gasteiger partial charge in [-0.3, -0.25) is 4.79 Å². The molecule has 2 N–H and O–H groups in total. The predicted molar refractivity (Wildman–Crippen MR) is 72.4 cm³/mol. The molecule has 1 aliphatic heterocycles. The van der Waals surface area contributed by atoms with Crippen molar-refractivity contribution in [1.82, 2.24) is 5.32 Å². The van der Waals surface area contributed by atoms with Crippen LogP contribution in [0.1, 0.15) is 6.42 Å². The van der Waals surface area contributed by atoms with E-state index in [1.54, 1.807) is 24.3 Å². The van der Waals surface area contributed by atoms with Crippen molar-refractivity contribution in [1.29, 1.82) is 0 Å². The molecule has 1 saturated heterocycles. The number of hydrogen-bond acceptors (Lipinski definition) is 4. The second kappa shape index (κ2) is 5.97. The molecule has 0 radical (unpaired) electrons. The van der Waals surface area contributed by atoms with Crippen molar-refractivity contribution in [3.05, 3.63) is 30.3 Å². The van der Waals surface area contributed by atoms with Crippen LogP contribution in [0.25, 0.3) is 0 Å². The van der Waals surface area contributed by atoms with E-state index in [4.69, 9.17) is 4.74 Å². The van der Waals surface area contributed by atoms with Crippen molar-refractivity contribution < 1.29 is 19.4 Å². The molecule has 2 rings (SSSR count). The number of carboxylic acids is 1. The van der Waals surface area contributed by atoms with Crippen molar-refractivity contribution >= 4 is 23.6 Å². The zero-order valence-corrected chi connectivity index (χ0v) is 11.1. The molecule has 1 amide bonds. The van der Waals surface area contributed by atoms with Gasteiger partial charge in [0.2, 0.25) is 0 Å². The van der Waals surface area contributed by atoms with Gasteiger partial charge in [-0.05, 0) is 24.3 Å². The molecule has 102 valence electrons. The molecule has 0 aliphatic carbocycles. The van der Waals surface area contributed by atoms with Gasteiger partial charge in [0.1, 0.15) is 11.3 Å². The Hall–Kier alpha value is -1.69. The average Bonchev–Trinajstić information content (AvgIpc) is 2.87. The average molecular weight is 281 g/mol. The van der Waals surface area contributed by atoms with E-state index < -0.39 is 17.4 Å². The summed E-state index contributed by atoms with van der Waals surface area (Å²) in [7, 11) is 0. The number of benzene rings is 1. The van der Waals surface area contributed by atoms with Crippen molar-refractivity contribution in [3.8, 4) is 5.75 Å². The van der Waals surface area contributed by atoms with Gasteiger partial charge in [0.15, 0.2) is 6.61 Å². The van der Waals surface area contributed by atoms with E-state index in [0.29, 0.717) is 17.9 Å². The van der Waals surface area contributed by atoms with Crippen LogP contribution in [0.4, 0.5) is 0 Å². The Labute approximate surface area is 115 Å². The second-order valence-corrected chi connectivity index (χ2v) is 5.44. The van der Waals surface area contributed by atoms with Crippen LogP contribution in [-0.4, -0.2) is 40.6 Å². The van der Waals surface area contributed by atoms with E-state index in [1.165, 1.54) is 11.8 Å². The maximum Gasteiger partial charge on any atom is 0.330 e. The van der Waals surface area contributed by atoms with Crippen LogP contribution in [0, 0.1) is 0 Å². The first-order chi connectivity index (χ1) is 9.12. The molecule has 1 heterocycles. The molecule has 6 heteroatoms. The summed E-state index contributed by atoms with van der Waals surface area (Å²) in [5.41, 5.74) is -1.14. The highest BCUT2D eigenvalue weighted by atomic mass is 32.2. The lowest BCUT2D eigenvalue weighted by Gasteiger charge is -2.24. The van der Waals surface area contributed by atoms with E-state index >= 15 is 0 Å². The number of thioether (sulfide) groups is 1. The standard InChI is InChI=1S/C13H15NO4S/c15-11(8-18-10-4-2-1-3-5-10)14-13(12(16)17)6-7-19-9-13/h1-5H,6-9H2,(H,14,15)(H,16,17). The molecule has 1 aliphatic rings. The summed E-state index contributed by atoms with van der Waals surface area (Å²) in [4.78, 5) is 23.0. The van der Waals surface area contributed by atoms with E-state index in [2.05, 4.69) is 5.32 Å². The zero-order valence-electron chi connectivity index (χ0n) is 10.3. The summed E-state index contributed by atoms with van der Waals surface area (Å²) < 4.78 is 5.29. The Morgan fingerprint density at radius 1 is 1.37 bits per heavy atom. The van der Waals surface area contributed by atoms with Gasteiger partial charge in [0, 0.05) is 5.75 Å². The minimum Gasteiger partial charge on any atom is -0.484 e. The summed E-state index contributed by atoms with van der Waals surface area (Å²) >= 11 is 1.53. The van der Waals surface area contributed by atoms with Gasteiger partial charge in [-0.15, -0.1) is 0 Å². The van der Waals surface area contributed by atoms with Crippen LogP contribution in [-0.2, 0) is 9.59 Å². The SMILES string of the molecule is O=C(COc1ccccc1)NC1(C(=O)O)CCSC1. The molecule has 1 aromatic rings. The number of rotatable bonds is 5. The normalized spacial score (nSPS) is 21.9. The number of hydrogen-bond donors (Lipinski definition) is 2. The molecule has 1 fully saturated rings. The van der Waals surface area contributed by atoms with Gasteiger partial charge < -0.3 is 15.2 Å². The lowest BCUT2D eigenvalue weighted by Crippen LogP contribution is -2.55. The lowest BCUT2D eigenvalue weighted by molar-refractivity contribution is -0.146. The third-order valence-corrected chi connectivity index (χ3v) is 4.11. The molecule has 0 bridgehead atoms. The fourth-order valence-electron chi connectivity index (χ4n) is 1.85. The lowest BCUT2D eigenvalue weighted by atomic mass is 9.99. The highest BCUT2D eigenvalue weighted by Gasteiger charge is 2.43. The molecule has 5 nitrogen and oxygen atoms in total. The zero-order chi connectivity index (χ0) is 13.7. The van der Waals surface area contributed by atoms with Crippen molar-refractivity contribution in [2.75, 3.05) is 18.1 Å². The summed E-state index contributed by atoms with van der Waals surface area (Å²) in [6.45, 7) is -0.177. The minimum absolute atomic E-state index is 0.177. The predicted octanol–water partition coefficient (Wildman–Crippen LogP) is 1.14. The topological polar surface area (TPSA) is 75.6 Å². The fourth-order valence-corrected chi connectivity index (χ4v) is 3.18. The molecule has 0 spiro atoms. The Morgan fingerprint density at radius 2 is 2.11 bits per heavy atom. The summed E-state index contributed by atoms with van der Waals surface area (Å²) in [5.74, 6) is 0.341. The van der Waals surface area contributed by atoms with Crippen molar-refractivity contribution in [3.63, 3.8) is 0 Å². The molecule has 1 aromatic carbocycles. The van der Waals surface area contributed by atoms with Crippen LogP contribution >= 0.6 is 11.8 Å². The molecule has 19 heavy (non-hydrogen) atoms. The summed E-state index contributed by atoms with van der Waals surface area (Å²) in [6, 6.07) is 8.94. The third-order valence-electron chi connectivity index (χ3n) is 2.92. The number of carbonyl (C=O) groups is 2. The molecule has 1 atom stereocenters. The van der Waals surface area contributed by atoms with Crippen LogP contribution in [0.5, 0.6) is 5.75 Å². The van der Waals surface area contributed by atoms with Crippen LogP contribution in [0.2, 0.25) is 0 Å².